The van der Waals surface area contributed by atoms with Crippen molar-refractivity contribution in [2.24, 2.45) is 0 Å². The predicted octanol–water partition coefficient (Wildman–Crippen LogP) is 4.06. The summed E-state index contributed by atoms with van der Waals surface area (Å²) >= 11 is 13.6. The van der Waals surface area contributed by atoms with Gasteiger partial charge in [-0.05, 0) is 29.6 Å². The summed E-state index contributed by atoms with van der Waals surface area (Å²) in [6, 6.07) is 8.83. The van der Waals surface area contributed by atoms with Gasteiger partial charge in [-0.25, -0.2) is 0 Å². The Morgan fingerprint density at radius 1 is 1.15 bits per heavy atom. The number of nitrogens with zero attached hydrogens (tertiary/aromatic N) is 4. The minimum absolute atomic E-state index is 0.0585. The van der Waals surface area contributed by atoms with Crippen molar-refractivity contribution >= 4 is 40.4 Å². The maximum atomic E-state index is 12.7. The first-order valence-electron chi connectivity index (χ1n) is 8.43. The van der Waals surface area contributed by atoms with Crippen molar-refractivity contribution in [2.75, 3.05) is 26.2 Å². The van der Waals surface area contributed by atoms with Gasteiger partial charge in [0.05, 0.1) is 11.4 Å². The molecule has 0 saturated carbocycles. The van der Waals surface area contributed by atoms with E-state index in [0.29, 0.717) is 47.0 Å². The molecule has 140 valence electrons. The lowest BCUT2D eigenvalue weighted by atomic mass is 10.2. The molecule has 1 aliphatic rings. The highest BCUT2D eigenvalue weighted by molar-refractivity contribution is 7.13. The van der Waals surface area contributed by atoms with Gasteiger partial charge in [-0.1, -0.05) is 34.4 Å². The summed E-state index contributed by atoms with van der Waals surface area (Å²) in [6.45, 7) is 3.28. The molecule has 1 fully saturated rings. The van der Waals surface area contributed by atoms with Gasteiger partial charge in [-0.15, -0.1) is 11.3 Å². The second kappa shape index (κ2) is 7.98. The quantitative estimate of drug-likeness (QED) is 0.633. The highest BCUT2D eigenvalue weighted by Crippen LogP contribution is 2.23. The zero-order chi connectivity index (χ0) is 18.8. The Hall–Kier alpha value is -1.93. The molecule has 1 aromatic carbocycles. The average Bonchev–Trinajstić information content (AvgIpc) is 3.32. The molecular formula is C18H16Cl2N4O2S. The fourth-order valence-corrected chi connectivity index (χ4v) is 4.16. The molecule has 4 rings (SSSR count). The number of thiophene rings is 1. The van der Waals surface area contributed by atoms with Gasteiger partial charge in [-0.2, -0.15) is 4.98 Å². The first-order valence-corrected chi connectivity index (χ1v) is 10.1. The molecule has 0 radical (unpaired) electrons. The molecule has 2 aromatic heterocycles. The fourth-order valence-electron chi connectivity index (χ4n) is 2.99. The molecule has 27 heavy (non-hydrogen) atoms. The van der Waals surface area contributed by atoms with E-state index < -0.39 is 0 Å². The molecule has 9 heteroatoms. The number of piperazine rings is 1. The number of rotatable bonds is 4. The van der Waals surface area contributed by atoms with Crippen LogP contribution >= 0.6 is 34.5 Å². The second-order valence-electron chi connectivity index (χ2n) is 6.22. The van der Waals surface area contributed by atoms with Gasteiger partial charge in [0.15, 0.2) is 0 Å². The van der Waals surface area contributed by atoms with E-state index in [1.54, 1.807) is 29.5 Å². The molecular weight excluding hydrogens is 407 g/mol. The van der Waals surface area contributed by atoms with Crippen LogP contribution in [0.25, 0.3) is 10.7 Å². The van der Waals surface area contributed by atoms with Crippen LogP contribution in [0.2, 0.25) is 10.0 Å². The molecule has 3 heterocycles. The van der Waals surface area contributed by atoms with E-state index in [9.17, 15) is 4.79 Å². The van der Waals surface area contributed by atoms with Crippen LogP contribution < -0.4 is 0 Å². The van der Waals surface area contributed by atoms with Gasteiger partial charge in [-0.3, -0.25) is 9.69 Å². The van der Waals surface area contributed by atoms with Crippen LogP contribution in [0.4, 0.5) is 0 Å². The van der Waals surface area contributed by atoms with E-state index >= 15 is 0 Å². The van der Waals surface area contributed by atoms with Crippen LogP contribution in [0.5, 0.6) is 0 Å². The van der Waals surface area contributed by atoms with E-state index in [2.05, 4.69) is 15.0 Å². The Morgan fingerprint density at radius 2 is 1.89 bits per heavy atom. The van der Waals surface area contributed by atoms with Crippen molar-refractivity contribution < 1.29 is 9.32 Å². The Balaban J connectivity index is 1.34. The van der Waals surface area contributed by atoms with Gasteiger partial charge < -0.3 is 9.42 Å². The number of benzene rings is 1. The van der Waals surface area contributed by atoms with Crippen molar-refractivity contribution in [3.05, 3.63) is 57.2 Å². The number of carbonyl (C=O) groups excluding carboxylic acids is 1. The van der Waals surface area contributed by atoms with Gasteiger partial charge in [0.2, 0.25) is 11.7 Å². The van der Waals surface area contributed by atoms with E-state index in [-0.39, 0.29) is 5.91 Å². The maximum Gasteiger partial charge on any atom is 0.254 e. The topological polar surface area (TPSA) is 62.5 Å². The summed E-state index contributed by atoms with van der Waals surface area (Å²) in [4.78, 5) is 22.1. The van der Waals surface area contributed by atoms with Crippen molar-refractivity contribution in [1.82, 2.24) is 19.9 Å². The molecule has 0 bridgehead atoms. The van der Waals surface area contributed by atoms with Crippen molar-refractivity contribution in [3.8, 4) is 10.7 Å². The Labute approximate surface area is 170 Å². The Kier molecular flexibility index (Phi) is 5.45. The lowest BCUT2D eigenvalue weighted by Crippen LogP contribution is -2.48. The summed E-state index contributed by atoms with van der Waals surface area (Å²) in [5.74, 6) is 1.14. The third-order valence-corrected chi connectivity index (χ3v) is 5.64. The highest BCUT2D eigenvalue weighted by Gasteiger charge is 2.24. The van der Waals surface area contributed by atoms with Crippen molar-refractivity contribution in [3.63, 3.8) is 0 Å². The molecule has 0 spiro atoms. The molecule has 6 nitrogen and oxygen atoms in total. The third kappa shape index (κ3) is 4.32. The van der Waals surface area contributed by atoms with Gasteiger partial charge in [0.1, 0.15) is 0 Å². The summed E-state index contributed by atoms with van der Waals surface area (Å²) in [7, 11) is 0. The lowest BCUT2D eigenvalue weighted by molar-refractivity contribution is 0.0615. The molecule has 1 amide bonds. The van der Waals surface area contributed by atoms with Crippen LogP contribution in [-0.2, 0) is 6.54 Å². The SMILES string of the molecule is O=C(c1cc(Cl)cc(Cl)c1)N1CCN(Cc2nc(-c3cccs3)no2)CC1. The normalized spacial score (nSPS) is 15.3. The van der Waals surface area contributed by atoms with Crippen molar-refractivity contribution in [2.45, 2.75) is 6.54 Å². The molecule has 0 N–H and O–H groups in total. The summed E-state index contributed by atoms with van der Waals surface area (Å²) in [5.41, 5.74) is 0.512. The largest absolute Gasteiger partial charge is 0.338 e. The van der Waals surface area contributed by atoms with E-state index in [4.69, 9.17) is 27.7 Å². The predicted molar refractivity (Wildman–Crippen MR) is 105 cm³/mol. The van der Waals surface area contributed by atoms with E-state index in [1.165, 1.54) is 0 Å². The van der Waals surface area contributed by atoms with Crippen LogP contribution in [-0.4, -0.2) is 52.0 Å². The summed E-state index contributed by atoms with van der Waals surface area (Å²) in [6.07, 6.45) is 0. The van der Waals surface area contributed by atoms with Crippen LogP contribution in [0.15, 0.2) is 40.2 Å². The highest BCUT2D eigenvalue weighted by atomic mass is 35.5. The molecule has 3 aromatic rings. The number of hydrogen-bond donors (Lipinski definition) is 0. The standard InChI is InChI=1S/C18H16Cl2N4O2S/c19-13-8-12(9-14(20)10-13)18(25)24-5-3-23(4-6-24)11-16-21-17(22-26-16)15-2-1-7-27-15/h1-2,7-10H,3-6,11H2. The number of carbonyl (C=O) groups is 1. The first kappa shape index (κ1) is 18.4. The molecule has 0 aliphatic carbocycles. The maximum absolute atomic E-state index is 12.7. The monoisotopic (exact) mass is 422 g/mol. The Morgan fingerprint density at radius 3 is 2.56 bits per heavy atom. The minimum atomic E-state index is -0.0585. The zero-order valence-electron chi connectivity index (χ0n) is 14.3. The third-order valence-electron chi connectivity index (χ3n) is 4.34. The number of amides is 1. The fraction of sp³-hybridized carbons (Fsp3) is 0.278. The number of aromatic nitrogens is 2. The molecule has 0 unspecified atom stereocenters. The molecule has 1 saturated heterocycles. The van der Waals surface area contributed by atoms with Gasteiger partial charge >= 0.3 is 0 Å². The van der Waals surface area contributed by atoms with Gasteiger partial charge in [0, 0.05) is 41.8 Å². The van der Waals surface area contributed by atoms with Crippen LogP contribution in [0.3, 0.4) is 0 Å². The van der Waals surface area contributed by atoms with E-state index in [1.807, 2.05) is 22.4 Å². The number of hydrogen-bond acceptors (Lipinski definition) is 6. The number of halogens is 2. The van der Waals surface area contributed by atoms with E-state index in [0.717, 1.165) is 18.0 Å². The van der Waals surface area contributed by atoms with Crippen molar-refractivity contribution in [1.29, 1.82) is 0 Å². The van der Waals surface area contributed by atoms with Gasteiger partial charge in [0.25, 0.3) is 5.91 Å². The zero-order valence-corrected chi connectivity index (χ0v) is 16.6. The second-order valence-corrected chi connectivity index (χ2v) is 8.04. The van der Waals surface area contributed by atoms with Crippen LogP contribution in [0, 0.1) is 0 Å². The average molecular weight is 423 g/mol. The molecule has 1 aliphatic heterocycles. The smallest absolute Gasteiger partial charge is 0.254 e. The first-order chi connectivity index (χ1) is 13.1. The Bertz CT molecular complexity index is 917. The summed E-state index contributed by atoms with van der Waals surface area (Å²) < 4.78 is 5.36. The van der Waals surface area contributed by atoms with Crippen LogP contribution in [0.1, 0.15) is 16.2 Å². The summed E-state index contributed by atoms with van der Waals surface area (Å²) in [5, 5.41) is 6.93. The molecule has 0 atom stereocenters. The minimum Gasteiger partial charge on any atom is -0.338 e. The lowest BCUT2D eigenvalue weighted by Gasteiger charge is -2.34.